The van der Waals surface area contributed by atoms with Crippen LogP contribution in [0, 0.1) is 5.92 Å². The van der Waals surface area contributed by atoms with Crippen LogP contribution in [-0.2, 0) is 9.84 Å². The molecule has 120 valence electrons. The predicted molar refractivity (Wildman–Crippen MR) is 84.6 cm³/mol. The van der Waals surface area contributed by atoms with Crippen LogP contribution in [0.3, 0.4) is 0 Å². The van der Waals surface area contributed by atoms with Gasteiger partial charge in [0.05, 0.1) is 10.1 Å². The Morgan fingerprint density at radius 3 is 2.32 bits per heavy atom. The number of carbonyl (C=O) groups is 1. The standard InChI is InChI=1S/C16H22N2O3S/c19-16(18-11-12-9-17-10-12)13-5-7-15(8-6-13)22(20,21)14-3-1-2-4-14/h5-8,12,14,17H,1-4,9-11H2,(H,18,19). The quantitative estimate of drug-likeness (QED) is 0.858. The van der Waals surface area contributed by atoms with Gasteiger partial charge in [0.25, 0.3) is 5.91 Å². The van der Waals surface area contributed by atoms with Gasteiger partial charge in [0.1, 0.15) is 0 Å². The molecule has 0 spiro atoms. The van der Waals surface area contributed by atoms with E-state index in [-0.39, 0.29) is 11.2 Å². The molecule has 0 bridgehead atoms. The van der Waals surface area contributed by atoms with Crippen LogP contribution in [-0.4, -0.2) is 39.2 Å². The molecular weight excluding hydrogens is 300 g/mol. The average molecular weight is 322 g/mol. The van der Waals surface area contributed by atoms with Gasteiger partial charge in [0.2, 0.25) is 0 Å². The molecular formula is C16H22N2O3S. The van der Waals surface area contributed by atoms with Crippen molar-refractivity contribution in [2.75, 3.05) is 19.6 Å². The minimum Gasteiger partial charge on any atom is -0.352 e. The Kier molecular flexibility index (Phi) is 4.49. The maximum atomic E-state index is 12.5. The number of carbonyl (C=O) groups excluding carboxylic acids is 1. The first-order chi connectivity index (χ1) is 10.6. The van der Waals surface area contributed by atoms with E-state index in [9.17, 15) is 13.2 Å². The van der Waals surface area contributed by atoms with Gasteiger partial charge in [-0.25, -0.2) is 8.42 Å². The summed E-state index contributed by atoms with van der Waals surface area (Å²) in [5, 5.41) is 5.79. The minimum atomic E-state index is -3.24. The van der Waals surface area contributed by atoms with E-state index in [4.69, 9.17) is 0 Å². The molecule has 1 aromatic carbocycles. The smallest absolute Gasteiger partial charge is 0.251 e. The van der Waals surface area contributed by atoms with Crippen LogP contribution in [0.5, 0.6) is 0 Å². The van der Waals surface area contributed by atoms with E-state index in [1.54, 1.807) is 24.3 Å². The second kappa shape index (κ2) is 6.38. The third-order valence-electron chi connectivity index (χ3n) is 4.60. The molecule has 1 saturated heterocycles. The molecule has 0 aromatic heterocycles. The van der Waals surface area contributed by atoms with Gasteiger partial charge in [-0.3, -0.25) is 4.79 Å². The Morgan fingerprint density at radius 2 is 1.77 bits per heavy atom. The van der Waals surface area contributed by atoms with Crippen LogP contribution in [0.1, 0.15) is 36.0 Å². The third kappa shape index (κ3) is 3.17. The number of benzene rings is 1. The summed E-state index contributed by atoms with van der Waals surface area (Å²) in [6.45, 7) is 2.55. The Balaban J connectivity index is 1.65. The highest BCUT2D eigenvalue weighted by Crippen LogP contribution is 2.29. The summed E-state index contributed by atoms with van der Waals surface area (Å²) in [5.74, 6) is 0.364. The fourth-order valence-electron chi connectivity index (χ4n) is 3.02. The van der Waals surface area contributed by atoms with Crippen LogP contribution in [0.25, 0.3) is 0 Å². The predicted octanol–water partition coefficient (Wildman–Crippen LogP) is 1.35. The topological polar surface area (TPSA) is 75.3 Å². The molecule has 1 heterocycles. The number of hydrogen-bond donors (Lipinski definition) is 2. The molecule has 1 aliphatic carbocycles. The van der Waals surface area contributed by atoms with E-state index in [1.165, 1.54) is 0 Å². The SMILES string of the molecule is O=C(NCC1CNC1)c1ccc(S(=O)(=O)C2CCCC2)cc1. The lowest BCUT2D eigenvalue weighted by molar-refractivity contribution is 0.0942. The van der Waals surface area contributed by atoms with E-state index in [2.05, 4.69) is 10.6 Å². The second-order valence-electron chi connectivity index (χ2n) is 6.21. The van der Waals surface area contributed by atoms with Gasteiger partial charge >= 0.3 is 0 Å². The molecule has 22 heavy (non-hydrogen) atoms. The van der Waals surface area contributed by atoms with Crippen molar-refractivity contribution in [3.8, 4) is 0 Å². The zero-order chi connectivity index (χ0) is 15.6. The van der Waals surface area contributed by atoms with Crippen molar-refractivity contribution in [2.45, 2.75) is 35.8 Å². The van der Waals surface area contributed by atoms with Crippen molar-refractivity contribution in [3.05, 3.63) is 29.8 Å². The Bertz CT molecular complexity index is 630. The van der Waals surface area contributed by atoms with Gasteiger partial charge in [0.15, 0.2) is 9.84 Å². The maximum Gasteiger partial charge on any atom is 0.251 e. The van der Waals surface area contributed by atoms with Gasteiger partial charge in [0, 0.05) is 31.1 Å². The fourth-order valence-corrected chi connectivity index (χ4v) is 4.87. The number of sulfone groups is 1. The lowest BCUT2D eigenvalue weighted by Crippen LogP contribution is -2.48. The molecule has 6 heteroatoms. The molecule has 3 rings (SSSR count). The van der Waals surface area contributed by atoms with Gasteiger partial charge in [-0.05, 0) is 37.1 Å². The molecule has 0 atom stereocenters. The summed E-state index contributed by atoms with van der Waals surface area (Å²) in [4.78, 5) is 12.4. The number of hydrogen-bond acceptors (Lipinski definition) is 4. The maximum absolute atomic E-state index is 12.5. The van der Waals surface area contributed by atoms with Crippen LogP contribution >= 0.6 is 0 Å². The largest absolute Gasteiger partial charge is 0.352 e. The Labute approximate surface area is 131 Å². The van der Waals surface area contributed by atoms with Crippen molar-refractivity contribution < 1.29 is 13.2 Å². The van der Waals surface area contributed by atoms with Crippen LogP contribution < -0.4 is 10.6 Å². The fraction of sp³-hybridized carbons (Fsp3) is 0.562. The van der Waals surface area contributed by atoms with Crippen molar-refractivity contribution in [1.29, 1.82) is 0 Å². The second-order valence-corrected chi connectivity index (χ2v) is 8.44. The summed E-state index contributed by atoms with van der Waals surface area (Å²) >= 11 is 0. The number of rotatable bonds is 5. The zero-order valence-electron chi connectivity index (χ0n) is 12.5. The molecule has 2 N–H and O–H groups in total. The summed E-state index contributed by atoms with van der Waals surface area (Å²) in [7, 11) is -3.24. The highest BCUT2D eigenvalue weighted by Gasteiger charge is 2.30. The molecule has 1 saturated carbocycles. The van der Waals surface area contributed by atoms with Crippen molar-refractivity contribution >= 4 is 15.7 Å². The van der Waals surface area contributed by atoms with Crippen LogP contribution in [0.2, 0.25) is 0 Å². The van der Waals surface area contributed by atoms with E-state index in [0.717, 1.165) is 38.8 Å². The summed E-state index contributed by atoms with van der Waals surface area (Å²) < 4.78 is 24.9. The normalized spacial score (nSPS) is 19.8. The van der Waals surface area contributed by atoms with Gasteiger partial charge in [-0.2, -0.15) is 0 Å². The Morgan fingerprint density at radius 1 is 1.14 bits per heavy atom. The highest BCUT2D eigenvalue weighted by molar-refractivity contribution is 7.92. The molecule has 0 radical (unpaired) electrons. The summed E-state index contributed by atoms with van der Waals surface area (Å²) in [5.41, 5.74) is 0.512. The molecule has 0 unspecified atom stereocenters. The molecule has 5 nitrogen and oxygen atoms in total. The van der Waals surface area contributed by atoms with E-state index in [1.807, 2.05) is 0 Å². The lowest BCUT2D eigenvalue weighted by Gasteiger charge is -2.27. The monoisotopic (exact) mass is 322 g/mol. The van der Waals surface area contributed by atoms with Gasteiger partial charge in [-0.1, -0.05) is 12.8 Å². The highest BCUT2D eigenvalue weighted by atomic mass is 32.2. The lowest BCUT2D eigenvalue weighted by atomic mass is 10.0. The van der Waals surface area contributed by atoms with Crippen molar-refractivity contribution in [3.63, 3.8) is 0 Å². The van der Waals surface area contributed by atoms with E-state index >= 15 is 0 Å². The first-order valence-corrected chi connectivity index (χ1v) is 9.45. The molecule has 1 aromatic rings. The van der Waals surface area contributed by atoms with Crippen molar-refractivity contribution in [2.24, 2.45) is 5.92 Å². The number of amides is 1. The summed E-state index contributed by atoms with van der Waals surface area (Å²) in [6.07, 6.45) is 3.47. The summed E-state index contributed by atoms with van der Waals surface area (Å²) in [6, 6.07) is 6.34. The minimum absolute atomic E-state index is 0.142. The molecule has 1 aliphatic heterocycles. The zero-order valence-corrected chi connectivity index (χ0v) is 13.4. The third-order valence-corrected chi connectivity index (χ3v) is 6.88. The Hall–Kier alpha value is -1.40. The van der Waals surface area contributed by atoms with Crippen LogP contribution in [0.15, 0.2) is 29.2 Å². The number of nitrogens with one attached hydrogen (secondary N) is 2. The van der Waals surface area contributed by atoms with Crippen molar-refractivity contribution in [1.82, 2.24) is 10.6 Å². The molecule has 2 fully saturated rings. The van der Waals surface area contributed by atoms with Crippen LogP contribution in [0.4, 0.5) is 0 Å². The molecule has 2 aliphatic rings. The van der Waals surface area contributed by atoms with Gasteiger partial charge < -0.3 is 10.6 Å². The first-order valence-electron chi connectivity index (χ1n) is 7.90. The first kappa shape index (κ1) is 15.5. The van der Waals surface area contributed by atoms with E-state index in [0.29, 0.717) is 22.9 Å². The molecule has 1 amide bonds. The van der Waals surface area contributed by atoms with Gasteiger partial charge in [-0.15, -0.1) is 0 Å². The average Bonchev–Trinajstić information content (AvgIpc) is 3.00. The van der Waals surface area contributed by atoms with E-state index < -0.39 is 9.84 Å².